The Kier molecular flexibility index (Phi) is 4.48. The van der Waals surface area contributed by atoms with Crippen LogP contribution in [0.1, 0.15) is 11.4 Å². The van der Waals surface area contributed by atoms with Crippen LogP contribution in [-0.4, -0.2) is 25.4 Å². The van der Waals surface area contributed by atoms with Crippen LogP contribution in [-0.2, 0) is 23.1 Å². The van der Waals surface area contributed by atoms with E-state index < -0.39 is 15.8 Å². The van der Waals surface area contributed by atoms with Gasteiger partial charge in [-0.25, -0.2) is 22.5 Å². The molecule has 0 spiro atoms. The Bertz CT molecular complexity index is 671. The van der Waals surface area contributed by atoms with Gasteiger partial charge in [0.1, 0.15) is 16.5 Å². The molecule has 0 bridgehead atoms. The molecule has 0 amide bonds. The van der Waals surface area contributed by atoms with E-state index in [2.05, 4.69) is 20.0 Å². The molecule has 0 atom stereocenters. The van der Waals surface area contributed by atoms with Gasteiger partial charge in [0, 0.05) is 18.9 Å². The number of nitrogens with one attached hydrogen (secondary N) is 3. The lowest BCUT2D eigenvalue weighted by Crippen LogP contribution is -2.25. The fraction of sp³-hybridized carbons (Fsp3) is 0.250. The van der Waals surface area contributed by atoms with Crippen molar-refractivity contribution in [3.8, 4) is 0 Å². The number of aromatic nitrogens is 2. The lowest BCUT2D eigenvalue weighted by molar-refractivity contribution is 0.554. The first kappa shape index (κ1) is 14.6. The number of sulfonamides is 1. The van der Waals surface area contributed by atoms with E-state index in [0.29, 0.717) is 17.9 Å². The molecule has 2 aromatic rings. The zero-order valence-electron chi connectivity index (χ0n) is 10.9. The Morgan fingerprint density at radius 3 is 2.80 bits per heavy atom. The molecule has 0 aliphatic carbocycles. The monoisotopic (exact) mass is 298 g/mol. The summed E-state index contributed by atoms with van der Waals surface area (Å²) in [6.07, 6.45) is 3.09. The first-order valence-electron chi connectivity index (χ1n) is 5.94. The van der Waals surface area contributed by atoms with Crippen LogP contribution >= 0.6 is 0 Å². The number of aromatic amines is 1. The van der Waals surface area contributed by atoms with Crippen molar-refractivity contribution in [2.75, 3.05) is 7.05 Å². The van der Waals surface area contributed by atoms with Crippen molar-refractivity contribution >= 4 is 10.0 Å². The fourth-order valence-corrected chi connectivity index (χ4v) is 2.82. The molecule has 0 saturated carbocycles. The van der Waals surface area contributed by atoms with Crippen LogP contribution in [0.25, 0.3) is 0 Å². The normalized spacial score (nSPS) is 11.7. The highest BCUT2D eigenvalue weighted by Gasteiger charge is 2.19. The lowest BCUT2D eigenvalue weighted by Gasteiger charge is -2.08. The third kappa shape index (κ3) is 3.41. The number of hydrogen-bond acceptors (Lipinski definition) is 4. The summed E-state index contributed by atoms with van der Waals surface area (Å²) < 4.78 is 40.2. The van der Waals surface area contributed by atoms with E-state index >= 15 is 0 Å². The number of halogens is 1. The molecule has 1 aromatic carbocycles. The number of H-pyrrole nitrogens is 1. The Labute approximate surface area is 116 Å². The molecule has 0 unspecified atom stereocenters. The first-order chi connectivity index (χ1) is 9.53. The summed E-state index contributed by atoms with van der Waals surface area (Å²) in [7, 11) is -2.19. The molecule has 0 aliphatic heterocycles. The van der Waals surface area contributed by atoms with Crippen molar-refractivity contribution in [3.63, 3.8) is 0 Å². The molecule has 0 fully saturated rings. The summed E-state index contributed by atoms with van der Waals surface area (Å²) in [6, 6.07) is 4.00. The molecule has 3 N–H and O–H groups in total. The quantitative estimate of drug-likeness (QED) is 0.734. The Morgan fingerprint density at radius 2 is 2.15 bits per heavy atom. The van der Waals surface area contributed by atoms with Gasteiger partial charge < -0.3 is 10.3 Å². The van der Waals surface area contributed by atoms with E-state index in [-0.39, 0.29) is 11.4 Å². The SMILES string of the molecule is CNCc1ccc(F)c(S(=O)(=O)NCc2ncc[nH]2)c1. The second kappa shape index (κ2) is 6.12. The van der Waals surface area contributed by atoms with Gasteiger partial charge in [-0.05, 0) is 24.7 Å². The summed E-state index contributed by atoms with van der Waals surface area (Å²) in [5.41, 5.74) is 0.687. The summed E-state index contributed by atoms with van der Waals surface area (Å²) in [5, 5.41) is 2.88. The zero-order valence-corrected chi connectivity index (χ0v) is 11.7. The summed E-state index contributed by atoms with van der Waals surface area (Å²) in [5.74, 6) is -0.322. The predicted molar refractivity (Wildman–Crippen MR) is 71.8 cm³/mol. The van der Waals surface area contributed by atoms with E-state index in [1.165, 1.54) is 18.3 Å². The molecule has 0 saturated heterocycles. The number of nitrogens with zero attached hydrogens (tertiary/aromatic N) is 1. The molecule has 1 aromatic heterocycles. The largest absolute Gasteiger partial charge is 0.347 e. The molecule has 108 valence electrons. The highest BCUT2D eigenvalue weighted by atomic mass is 32.2. The molecule has 20 heavy (non-hydrogen) atoms. The molecule has 0 aliphatic rings. The Morgan fingerprint density at radius 1 is 1.35 bits per heavy atom. The van der Waals surface area contributed by atoms with E-state index in [1.54, 1.807) is 13.2 Å². The topological polar surface area (TPSA) is 86.9 Å². The van der Waals surface area contributed by atoms with Gasteiger partial charge >= 0.3 is 0 Å². The second-order valence-electron chi connectivity index (χ2n) is 4.16. The van der Waals surface area contributed by atoms with Crippen molar-refractivity contribution in [1.29, 1.82) is 0 Å². The number of imidazole rings is 1. The van der Waals surface area contributed by atoms with E-state index in [1.807, 2.05) is 0 Å². The number of hydrogen-bond donors (Lipinski definition) is 3. The van der Waals surface area contributed by atoms with Crippen LogP contribution in [0, 0.1) is 5.82 Å². The third-order valence-corrected chi connectivity index (χ3v) is 4.07. The molecular formula is C12H15FN4O2S. The predicted octanol–water partition coefficient (Wildman–Crippen LogP) is 0.747. The van der Waals surface area contributed by atoms with Gasteiger partial charge in [-0.1, -0.05) is 6.07 Å². The number of benzene rings is 1. The Hall–Kier alpha value is -1.77. The molecule has 8 heteroatoms. The second-order valence-corrected chi connectivity index (χ2v) is 5.89. The molecule has 2 rings (SSSR count). The van der Waals surface area contributed by atoms with Crippen molar-refractivity contribution in [2.45, 2.75) is 18.0 Å². The van der Waals surface area contributed by atoms with Crippen molar-refractivity contribution in [3.05, 3.63) is 47.8 Å². The zero-order chi connectivity index (χ0) is 14.6. The van der Waals surface area contributed by atoms with Crippen LogP contribution in [0.3, 0.4) is 0 Å². The van der Waals surface area contributed by atoms with Crippen molar-refractivity contribution in [1.82, 2.24) is 20.0 Å². The van der Waals surface area contributed by atoms with Crippen LogP contribution in [0.2, 0.25) is 0 Å². The lowest BCUT2D eigenvalue weighted by atomic mass is 10.2. The average Bonchev–Trinajstić information content (AvgIpc) is 2.92. The van der Waals surface area contributed by atoms with Gasteiger partial charge in [-0.15, -0.1) is 0 Å². The van der Waals surface area contributed by atoms with Gasteiger partial charge in [-0.3, -0.25) is 0 Å². The van der Waals surface area contributed by atoms with E-state index in [9.17, 15) is 12.8 Å². The smallest absolute Gasteiger partial charge is 0.243 e. The van der Waals surface area contributed by atoms with Gasteiger partial charge in [0.05, 0.1) is 6.54 Å². The third-order valence-electron chi connectivity index (χ3n) is 2.65. The number of rotatable bonds is 6. The van der Waals surface area contributed by atoms with Crippen LogP contribution in [0.5, 0.6) is 0 Å². The minimum atomic E-state index is -3.92. The van der Waals surface area contributed by atoms with Crippen LogP contribution in [0.15, 0.2) is 35.5 Å². The maximum absolute atomic E-state index is 13.7. The van der Waals surface area contributed by atoms with Gasteiger partial charge in [0.15, 0.2) is 0 Å². The molecule has 0 radical (unpaired) electrons. The first-order valence-corrected chi connectivity index (χ1v) is 7.42. The minimum absolute atomic E-state index is 0.0228. The van der Waals surface area contributed by atoms with Gasteiger partial charge in [0.25, 0.3) is 0 Å². The Balaban J connectivity index is 2.21. The van der Waals surface area contributed by atoms with Crippen LogP contribution in [0.4, 0.5) is 4.39 Å². The maximum Gasteiger partial charge on any atom is 0.243 e. The minimum Gasteiger partial charge on any atom is -0.347 e. The van der Waals surface area contributed by atoms with Crippen LogP contribution < -0.4 is 10.0 Å². The summed E-state index contributed by atoms with van der Waals surface area (Å²) in [4.78, 5) is 6.30. The molecular weight excluding hydrogens is 283 g/mol. The van der Waals surface area contributed by atoms with Crippen molar-refractivity contribution < 1.29 is 12.8 Å². The van der Waals surface area contributed by atoms with E-state index in [0.717, 1.165) is 6.07 Å². The molecule has 6 nitrogen and oxygen atoms in total. The molecule has 1 heterocycles. The van der Waals surface area contributed by atoms with E-state index in [4.69, 9.17) is 0 Å². The average molecular weight is 298 g/mol. The summed E-state index contributed by atoms with van der Waals surface area (Å²) >= 11 is 0. The summed E-state index contributed by atoms with van der Waals surface area (Å²) in [6.45, 7) is 0.437. The van der Waals surface area contributed by atoms with Gasteiger partial charge in [-0.2, -0.15) is 0 Å². The van der Waals surface area contributed by atoms with Gasteiger partial charge in [0.2, 0.25) is 10.0 Å². The maximum atomic E-state index is 13.7. The fourth-order valence-electron chi connectivity index (χ4n) is 1.70. The highest BCUT2D eigenvalue weighted by Crippen LogP contribution is 2.16. The highest BCUT2D eigenvalue weighted by molar-refractivity contribution is 7.89. The standard InChI is InChI=1S/C12H15FN4O2S/c1-14-7-9-2-3-10(13)11(6-9)20(18,19)17-8-12-15-4-5-16-12/h2-6,14,17H,7-8H2,1H3,(H,15,16). The van der Waals surface area contributed by atoms with Crippen molar-refractivity contribution in [2.24, 2.45) is 0 Å².